The quantitative estimate of drug-likeness (QED) is 0.707. The molecule has 3 rings (SSSR count). The molecule has 0 atom stereocenters. The van der Waals surface area contributed by atoms with Crippen LogP contribution >= 0.6 is 11.8 Å². The summed E-state index contributed by atoms with van der Waals surface area (Å²) in [4.78, 5) is 12.0. The van der Waals surface area contributed by atoms with Crippen LogP contribution in [0.1, 0.15) is 29.5 Å². The van der Waals surface area contributed by atoms with Crippen molar-refractivity contribution in [1.82, 2.24) is 5.32 Å². The normalized spacial score (nSPS) is 13.1. The van der Waals surface area contributed by atoms with E-state index < -0.39 is 0 Å². The number of hydrogen-bond acceptors (Lipinski definition) is 3. The van der Waals surface area contributed by atoms with E-state index in [9.17, 15) is 9.18 Å². The Morgan fingerprint density at radius 2 is 1.96 bits per heavy atom. The first-order valence-electron chi connectivity index (χ1n) is 9.05. The van der Waals surface area contributed by atoms with Crippen LogP contribution in [0.5, 0.6) is 5.75 Å². The number of ether oxygens (including phenoxy) is 1. The van der Waals surface area contributed by atoms with E-state index in [0.717, 1.165) is 24.3 Å². The molecule has 5 heteroatoms. The number of carbonyl (C=O) groups is 1. The average molecular weight is 373 g/mol. The van der Waals surface area contributed by atoms with Crippen LogP contribution in [0.4, 0.5) is 4.39 Å². The molecule has 0 aromatic heterocycles. The summed E-state index contributed by atoms with van der Waals surface area (Å²) in [5.74, 6) is 1.88. The highest BCUT2D eigenvalue weighted by molar-refractivity contribution is 7.98. The number of thioether (sulfide) groups is 1. The summed E-state index contributed by atoms with van der Waals surface area (Å²) in [6.07, 6.45) is 4.53. The maximum Gasteiger partial charge on any atom is 0.257 e. The third-order valence-corrected chi connectivity index (χ3v) is 5.50. The summed E-state index contributed by atoms with van der Waals surface area (Å²) in [5.41, 5.74) is 3.30. The van der Waals surface area contributed by atoms with E-state index in [2.05, 4.69) is 11.4 Å². The molecule has 0 saturated heterocycles. The van der Waals surface area contributed by atoms with Crippen molar-refractivity contribution in [2.75, 3.05) is 18.9 Å². The number of amides is 1. The van der Waals surface area contributed by atoms with Gasteiger partial charge in [-0.05, 0) is 54.5 Å². The van der Waals surface area contributed by atoms with E-state index in [-0.39, 0.29) is 18.3 Å². The van der Waals surface area contributed by atoms with Crippen molar-refractivity contribution < 1.29 is 13.9 Å². The lowest BCUT2D eigenvalue weighted by molar-refractivity contribution is -0.122. The first kappa shape index (κ1) is 18.8. The monoisotopic (exact) mass is 373 g/mol. The molecule has 0 aliphatic heterocycles. The van der Waals surface area contributed by atoms with Crippen LogP contribution in [0.15, 0.2) is 42.5 Å². The summed E-state index contributed by atoms with van der Waals surface area (Å²) < 4.78 is 19.2. The highest BCUT2D eigenvalue weighted by Crippen LogP contribution is 2.29. The molecule has 0 heterocycles. The fourth-order valence-corrected chi connectivity index (χ4v) is 3.98. The molecule has 0 unspecified atom stereocenters. The largest absolute Gasteiger partial charge is 0.483 e. The SMILES string of the molecule is O=C(COc1cccc2c1CCCC2)NCCSCc1ccccc1F. The predicted octanol–water partition coefficient (Wildman–Crippen LogP) is 4.13. The lowest BCUT2D eigenvalue weighted by Crippen LogP contribution is -2.30. The van der Waals surface area contributed by atoms with Gasteiger partial charge in [0.05, 0.1) is 0 Å². The Labute approximate surface area is 158 Å². The second kappa shape index (κ2) is 9.62. The van der Waals surface area contributed by atoms with E-state index in [4.69, 9.17) is 4.74 Å². The van der Waals surface area contributed by atoms with Crippen molar-refractivity contribution in [2.24, 2.45) is 0 Å². The molecule has 2 aromatic carbocycles. The number of halogens is 1. The summed E-state index contributed by atoms with van der Waals surface area (Å²) >= 11 is 1.60. The van der Waals surface area contributed by atoms with Gasteiger partial charge >= 0.3 is 0 Å². The molecule has 138 valence electrons. The van der Waals surface area contributed by atoms with Gasteiger partial charge in [0, 0.05) is 18.1 Å². The zero-order valence-electron chi connectivity index (χ0n) is 14.8. The fourth-order valence-electron chi connectivity index (χ4n) is 3.14. The summed E-state index contributed by atoms with van der Waals surface area (Å²) in [5, 5.41) is 2.86. The number of rotatable bonds is 8. The molecule has 1 aliphatic carbocycles. The van der Waals surface area contributed by atoms with Gasteiger partial charge in [-0.25, -0.2) is 4.39 Å². The molecule has 0 saturated carbocycles. The number of fused-ring (bicyclic) bond motifs is 1. The minimum atomic E-state index is -0.177. The van der Waals surface area contributed by atoms with Gasteiger partial charge in [-0.1, -0.05) is 30.3 Å². The molecule has 0 bridgehead atoms. The molecule has 0 fully saturated rings. The number of benzene rings is 2. The Balaban J connectivity index is 1.35. The first-order valence-corrected chi connectivity index (χ1v) is 10.2. The summed E-state index contributed by atoms with van der Waals surface area (Å²) in [6, 6.07) is 12.9. The number of hydrogen-bond donors (Lipinski definition) is 1. The smallest absolute Gasteiger partial charge is 0.257 e. The van der Waals surface area contributed by atoms with E-state index in [0.29, 0.717) is 17.9 Å². The number of aryl methyl sites for hydroxylation is 1. The van der Waals surface area contributed by atoms with Crippen LogP contribution in [-0.2, 0) is 23.4 Å². The average Bonchev–Trinajstić information content (AvgIpc) is 2.67. The zero-order chi connectivity index (χ0) is 18.2. The number of carbonyl (C=O) groups excluding carboxylic acids is 1. The number of nitrogens with one attached hydrogen (secondary N) is 1. The molecule has 1 aliphatic rings. The van der Waals surface area contributed by atoms with Crippen LogP contribution in [0.3, 0.4) is 0 Å². The van der Waals surface area contributed by atoms with Crippen LogP contribution in [0.25, 0.3) is 0 Å². The Hall–Kier alpha value is -2.01. The molecule has 0 spiro atoms. The lowest BCUT2D eigenvalue weighted by atomic mass is 9.91. The Morgan fingerprint density at radius 1 is 1.12 bits per heavy atom. The van der Waals surface area contributed by atoms with Crippen LogP contribution in [0, 0.1) is 5.82 Å². The standard InChI is InChI=1S/C21H24FNO2S/c22-19-10-4-2-7-17(19)15-26-13-12-23-21(24)14-25-20-11-5-8-16-6-1-3-9-18(16)20/h2,4-5,7-8,10-11H,1,3,6,9,12-15H2,(H,23,24). The van der Waals surface area contributed by atoms with Gasteiger partial charge < -0.3 is 10.1 Å². The van der Waals surface area contributed by atoms with Crippen molar-refractivity contribution in [3.05, 3.63) is 65.0 Å². The minimum Gasteiger partial charge on any atom is -0.483 e. The first-order chi connectivity index (χ1) is 12.7. The van der Waals surface area contributed by atoms with Crippen molar-refractivity contribution in [3.63, 3.8) is 0 Å². The lowest BCUT2D eigenvalue weighted by Gasteiger charge is -2.19. The Morgan fingerprint density at radius 3 is 2.85 bits per heavy atom. The van der Waals surface area contributed by atoms with Crippen LogP contribution in [-0.4, -0.2) is 24.8 Å². The highest BCUT2D eigenvalue weighted by atomic mass is 32.2. The van der Waals surface area contributed by atoms with E-state index >= 15 is 0 Å². The van der Waals surface area contributed by atoms with Crippen molar-refractivity contribution in [2.45, 2.75) is 31.4 Å². The predicted molar refractivity (Wildman–Crippen MR) is 104 cm³/mol. The van der Waals surface area contributed by atoms with Gasteiger partial charge in [0.2, 0.25) is 0 Å². The van der Waals surface area contributed by atoms with Crippen molar-refractivity contribution in [1.29, 1.82) is 0 Å². The third-order valence-electron chi connectivity index (χ3n) is 4.50. The second-order valence-electron chi connectivity index (χ2n) is 6.38. The molecule has 26 heavy (non-hydrogen) atoms. The van der Waals surface area contributed by atoms with Crippen LogP contribution < -0.4 is 10.1 Å². The third kappa shape index (κ3) is 5.24. The zero-order valence-corrected chi connectivity index (χ0v) is 15.6. The molecular weight excluding hydrogens is 349 g/mol. The van der Waals surface area contributed by atoms with E-state index in [1.807, 2.05) is 18.2 Å². The maximum atomic E-state index is 13.5. The van der Waals surface area contributed by atoms with Gasteiger partial charge in [0.1, 0.15) is 11.6 Å². The fraction of sp³-hybridized carbons (Fsp3) is 0.381. The minimum absolute atomic E-state index is 0.0361. The van der Waals surface area contributed by atoms with E-state index in [1.165, 1.54) is 30.0 Å². The van der Waals surface area contributed by atoms with Crippen LogP contribution in [0.2, 0.25) is 0 Å². The molecule has 0 radical (unpaired) electrons. The van der Waals surface area contributed by atoms with Gasteiger partial charge in [-0.15, -0.1) is 0 Å². The molecule has 1 amide bonds. The van der Waals surface area contributed by atoms with Gasteiger partial charge in [0.25, 0.3) is 5.91 Å². The van der Waals surface area contributed by atoms with Gasteiger partial charge in [0.15, 0.2) is 6.61 Å². The van der Waals surface area contributed by atoms with E-state index in [1.54, 1.807) is 23.9 Å². The topological polar surface area (TPSA) is 38.3 Å². The van der Waals surface area contributed by atoms with Gasteiger partial charge in [-0.3, -0.25) is 4.79 Å². The van der Waals surface area contributed by atoms with Crippen molar-refractivity contribution >= 4 is 17.7 Å². The highest BCUT2D eigenvalue weighted by Gasteiger charge is 2.14. The van der Waals surface area contributed by atoms with Gasteiger partial charge in [-0.2, -0.15) is 11.8 Å². The summed E-state index contributed by atoms with van der Waals surface area (Å²) in [6.45, 7) is 0.586. The Kier molecular flexibility index (Phi) is 6.95. The molecule has 3 nitrogen and oxygen atoms in total. The Bertz CT molecular complexity index is 751. The van der Waals surface area contributed by atoms with Crippen molar-refractivity contribution in [3.8, 4) is 5.75 Å². The molecular formula is C21H24FNO2S. The maximum absolute atomic E-state index is 13.5. The molecule has 2 aromatic rings. The summed E-state index contributed by atoms with van der Waals surface area (Å²) in [7, 11) is 0. The second-order valence-corrected chi connectivity index (χ2v) is 7.49. The molecule has 1 N–H and O–H groups in total.